The van der Waals surface area contributed by atoms with Crippen molar-refractivity contribution in [2.24, 2.45) is 7.05 Å². The number of benzene rings is 2. The second-order valence-corrected chi connectivity index (χ2v) is 6.92. The quantitative estimate of drug-likeness (QED) is 0.589. The molecule has 0 aliphatic rings. The molecular formula is C20H17BrFN3O3. The molecule has 1 aromatic heterocycles. The van der Waals surface area contributed by atoms with Crippen molar-refractivity contribution < 1.29 is 18.7 Å². The normalized spacial score (nSPS) is 10.4. The number of hydrogen-bond acceptors (Lipinski definition) is 3. The predicted molar refractivity (Wildman–Crippen MR) is 105 cm³/mol. The van der Waals surface area contributed by atoms with Crippen molar-refractivity contribution in [2.75, 3.05) is 0 Å². The number of nitrogens with one attached hydrogen (secondary N) is 2. The number of hydrogen-bond donors (Lipinski definition) is 2. The molecule has 0 aliphatic heterocycles. The van der Waals surface area contributed by atoms with E-state index < -0.39 is 11.8 Å². The molecule has 0 saturated heterocycles. The van der Waals surface area contributed by atoms with Crippen molar-refractivity contribution in [1.82, 2.24) is 15.4 Å². The number of carbonyl (C=O) groups excluding carboxylic acids is 2. The molecule has 1 heterocycles. The van der Waals surface area contributed by atoms with E-state index in [4.69, 9.17) is 4.74 Å². The maximum absolute atomic E-state index is 12.9. The van der Waals surface area contributed by atoms with Gasteiger partial charge in [-0.1, -0.05) is 18.2 Å². The number of halogens is 2. The fraction of sp³-hybridized carbons (Fsp3) is 0.100. The molecule has 0 unspecified atom stereocenters. The van der Waals surface area contributed by atoms with Crippen LogP contribution in [-0.4, -0.2) is 16.4 Å². The summed E-state index contributed by atoms with van der Waals surface area (Å²) in [6.45, 7) is 0.241. The van der Waals surface area contributed by atoms with Gasteiger partial charge in [-0.25, -0.2) is 4.39 Å². The van der Waals surface area contributed by atoms with Gasteiger partial charge in [-0.05, 0) is 57.9 Å². The number of nitrogens with zero attached hydrogens (tertiary/aromatic N) is 1. The van der Waals surface area contributed by atoms with Gasteiger partial charge in [0.05, 0.1) is 0 Å². The van der Waals surface area contributed by atoms with Gasteiger partial charge in [0, 0.05) is 23.3 Å². The van der Waals surface area contributed by atoms with Gasteiger partial charge < -0.3 is 9.30 Å². The molecule has 0 atom stereocenters. The lowest BCUT2D eigenvalue weighted by Crippen LogP contribution is -2.42. The first-order chi connectivity index (χ1) is 13.4. The molecule has 0 bridgehead atoms. The molecule has 2 N–H and O–H groups in total. The Morgan fingerprint density at radius 2 is 1.79 bits per heavy atom. The molecule has 28 heavy (non-hydrogen) atoms. The highest BCUT2D eigenvalue weighted by Gasteiger charge is 2.13. The number of rotatable bonds is 5. The number of ether oxygens (including phenoxy) is 1. The Morgan fingerprint density at radius 1 is 1.07 bits per heavy atom. The minimum atomic E-state index is -0.478. The molecule has 6 nitrogen and oxygen atoms in total. The highest BCUT2D eigenvalue weighted by atomic mass is 79.9. The Bertz CT molecular complexity index is 1000. The Hall–Kier alpha value is -3.13. The lowest BCUT2D eigenvalue weighted by atomic mass is 10.2. The van der Waals surface area contributed by atoms with Crippen molar-refractivity contribution in [3.63, 3.8) is 0 Å². The van der Waals surface area contributed by atoms with Crippen LogP contribution < -0.4 is 15.6 Å². The zero-order valence-corrected chi connectivity index (χ0v) is 16.5. The van der Waals surface area contributed by atoms with Gasteiger partial charge in [0.2, 0.25) is 0 Å². The van der Waals surface area contributed by atoms with E-state index >= 15 is 0 Å². The highest BCUT2D eigenvalue weighted by molar-refractivity contribution is 9.10. The minimum Gasteiger partial charge on any atom is -0.489 e. The van der Waals surface area contributed by atoms with E-state index in [0.29, 0.717) is 17.0 Å². The summed E-state index contributed by atoms with van der Waals surface area (Å²) in [5, 5.41) is 0. The largest absolute Gasteiger partial charge is 0.489 e. The van der Waals surface area contributed by atoms with Crippen LogP contribution in [0.2, 0.25) is 0 Å². The van der Waals surface area contributed by atoms with Gasteiger partial charge in [-0.15, -0.1) is 0 Å². The standard InChI is InChI=1S/C20H17BrFN3O3/c1-25-11-15(21)10-18(25)20(27)24-23-19(26)14-3-2-4-17(9-14)28-12-13-5-7-16(22)8-6-13/h2-11H,12H2,1H3,(H,23,26)(H,24,27). The summed E-state index contributed by atoms with van der Waals surface area (Å²) in [4.78, 5) is 24.4. The van der Waals surface area contributed by atoms with Gasteiger partial charge in [-0.2, -0.15) is 0 Å². The lowest BCUT2D eigenvalue weighted by Gasteiger charge is -2.10. The molecular weight excluding hydrogens is 429 g/mol. The van der Waals surface area contributed by atoms with E-state index in [-0.39, 0.29) is 12.4 Å². The van der Waals surface area contributed by atoms with Crippen LogP contribution in [0.15, 0.2) is 65.3 Å². The van der Waals surface area contributed by atoms with Crippen LogP contribution in [0.1, 0.15) is 26.4 Å². The molecule has 2 aromatic carbocycles. The maximum atomic E-state index is 12.9. The second kappa shape index (κ2) is 8.71. The Balaban J connectivity index is 1.58. The third-order valence-electron chi connectivity index (χ3n) is 3.91. The van der Waals surface area contributed by atoms with Crippen molar-refractivity contribution >= 4 is 27.7 Å². The molecule has 8 heteroatoms. The summed E-state index contributed by atoms with van der Waals surface area (Å²) in [6, 6.07) is 14.2. The third kappa shape index (κ3) is 4.98. The van der Waals surface area contributed by atoms with E-state index in [0.717, 1.165) is 10.0 Å². The Morgan fingerprint density at radius 3 is 2.46 bits per heavy atom. The number of amides is 2. The number of aromatic nitrogens is 1. The summed E-state index contributed by atoms with van der Waals surface area (Å²) in [5.41, 5.74) is 6.27. The van der Waals surface area contributed by atoms with E-state index in [1.54, 1.807) is 60.3 Å². The number of aryl methyl sites for hydroxylation is 1. The van der Waals surface area contributed by atoms with Crippen molar-refractivity contribution in [1.29, 1.82) is 0 Å². The minimum absolute atomic E-state index is 0.241. The van der Waals surface area contributed by atoms with Gasteiger partial charge >= 0.3 is 0 Å². The Labute approximate surface area is 169 Å². The number of hydrazine groups is 1. The van der Waals surface area contributed by atoms with Crippen LogP contribution in [-0.2, 0) is 13.7 Å². The van der Waals surface area contributed by atoms with Crippen LogP contribution in [0.4, 0.5) is 4.39 Å². The summed E-state index contributed by atoms with van der Waals surface area (Å²) >= 11 is 3.29. The Kier molecular flexibility index (Phi) is 6.10. The molecule has 3 aromatic rings. The molecule has 144 valence electrons. The van der Waals surface area contributed by atoms with Crippen molar-refractivity contribution in [3.8, 4) is 5.75 Å². The third-order valence-corrected chi connectivity index (χ3v) is 4.34. The smallest absolute Gasteiger partial charge is 0.286 e. The van der Waals surface area contributed by atoms with Gasteiger partial charge in [-0.3, -0.25) is 20.4 Å². The topological polar surface area (TPSA) is 72.4 Å². The van der Waals surface area contributed by atoms with Crippen molar-refractivity contribution in [3.05, 3.63) is 87.9 Å². The maximum Gasteiger partial charge on any atom is 0.286 e. The van der Waals surface area contributed by atoms with Crippen molar-refractivity contribution in [2.45, 2.75) is 6.61 Å². The predicted octanol–water partition coefficient (Wildman–Crippen LogP) is 3.58. The van der Waals surface area contributed by atoms with Crippen LogP contribution in [0.5, 0.6) is 5.75 Å². The molecule has 2 amide bonds. The SMILES string of the molecule is Cn1cc(Br)cc1C(=O)NNC(=O)c1cccc(OCc2ccc(F)cc2)c1. The first-order valence-electron chi connectivity index (χ1n) is 8.32. The average Bonchev–Trinajstić information content (AvgIpc) is 3.04. The van der Waals surface area contributed by atoms with Crippen LogP contribution in [0.3, 0.4) is 0 Å². The fourth-order valence-corrected chi connectivity index (χ4v) is 3.00. The first kappa shape index (κ1) is 19.6. The van der Waals surface area contributed by atoms with Gasteiger partial charge in [0.1, 0.15) is 23.9 Å². The average molecular weight is 446 g/mol. The zero-order valence-electron chi connectivity index (χ0n) is 14.9. The summed E-state index contributed by atoms with van der Waals surface area (Å²) in [6.07, 6.45) is 1.73. The van der Waals surface area contributed by atoms with E-state index in [9.17, 15) is 14.0 Å². The second-order valence-electron chi connectivity index (χ2n) is 6.01. The molecule has 0 spiro atoms. The lowest BCUT2D eigenvalue weighted by molar-refractivity contribution is 0.0842. The molecule has 0 radical (unpaired) electrons. The van der Waals surface area contributed by atoms with Gasteiger partial charge in [0.25, 0.3) is 11.8 Å². The van der Waals surface area contributed by atoms with Crippen LogP contribution in [0.25, 0.3) is 0 Å². The fourth-order valence-electron chi connectivity index (χ4n) is 2.47. The van der Waals surface area contributed by atoms with Crippen LogP contribution >= 0.6 is 15.9 Å². The monoisotopic (exact) mass is 445 g/mol. The van der Waals surface area contributed by atoms with Gasteiger partial charge in [0.15, 0.2) is 0 Å². The molecule has 0 aliphatic carbocycles. The van der Waals surface area contributed by atoms with E-state index in [2.05, 4.69) is 26.8 Å². The molecule has 3 rings (SSSR count). The molecule has 0 fully saturated rings. The highest BCUT2D eigenvalue weighted by Crippen LogP contribution is 2.16. The summed E-state index contributed by atoms with van der Waals surface area (Å²) < 4.78 is 21.0. The van der Waals surface area contributed by atoms with E-state index in [1.807, 2.05) is 0 Å². The molecule has 0 saturated carbocycles. The number of carbonyl (C=O) groups is 2. The summed E-state index contributed by atoms with van der Waals surface area (Å²) in [7, 11) is 1.73. The zero-order chi connectivity index (χ0) is 20.1. The van der Waals surface area contributed by atoms with E-state index in [1.165, 1.54) is 12.1 Å². The summed E-state index contributed by atoms with van der Waals surface area (Å²) in [5.74, 6) is -0.749. The van der Waals surface area contributed by atoms with Crippen LogP contribution in [0, 0.1) is 5.82 Å². The first-order valence-corrected chi connectivity index (χ1v) is 9.11.